The summed E-state index contributed by atoms with van der Waals surface area (Å²) >= 11 is 0. The normalized spacial score (nSPS) is 21.4. The number of benzene rings is 1. The van der Waals surface area contributed by atoms with Crippen LogP contribution in [0.25, 0.3) is 5.69 Å². The lowest BCUT2D eigenvalue weighted by Gasteiger charge is -2.21. The van der Waals surface area contributed by atoms with Crippen LogP contribution in [0.1, 0.15) is 18.0 Å². The highest BCUT2D eigenvalue weighted by Gasteiger charge is 2.42. The van der Waals surface area contributed by atoms with Crippen LogP contribution in [-0.4, -0.2) is 33.5 Å². The number of hydrogen-bond acceptors (Lipinski definition) is 3. The minimum atomic E-state index is -0.566. The molecule has 2 amide bonds. The van der Waals surface area contributed by atoms with E-state index in [4.69, 9.17) is 5.73 Å². The summed E-state index contributed by atoms with van der Waals surface area (Å²) in [6.07, 6.45) is 3.43. The standard InChI is InChI=1S/C15H15FN4O2/c1-19-13(21)6-12(15(17)22)14(19)9-7-18-20(8-9)11-4-2-10(16)3-5-11/h2-5,7-8,12,14H,6H2,1H3,(H2,17,22)/t12-,14-/m0/s1. The third-order valence-corrected chi connectivity index (χ3v) is 3.99. The molecule has 7 heteroatoms. The number of likely N-dealkylation sites (tertiary alicyclic amines) is 1. The number of carbonyl (C=O) groups excluding carboxylic acids is 2. The van der Waals surface area contributed by atoms with E-state index in [1.165, 1.54) is 17.0 Å². The van der Waals surface area contributed by atoms with Crippen molar-refractivity contribution in [2.24, 2.45) is 11.7 Å². The van der Waals surface area contributed by atoms with Gasteiger partial charge in [0.05, 0.1) is 23.8 Å². The Morgan fingerprint density at radius 3 is 2.68 bits per heavy atom. The van der Waals surface area contributed by atoms with Gasteiger partial charge in [0.15, 0.2) is 0 Å². The molecule has 1 saturated heterocycles. The molecule has 0 spiro atoms. The number of nitrogens with zero attached hydrogens (tertiary/aromatic N) is 3. The summed E-state index contributed by atoms with van der Waals surface area (Å²) in [4.78, 5) is 24.9. The molecule has 0 saturated carbocycles. The summed E-state index contributed by atoms with van der Waals surface area (Å²) < 4.78 is 14.5. The van der Waals surface area contributed by atoms with E-state index in [9.17, 15) is 14.0 Å². The van der Waals surface area contributed by atoms with E-state index in [1.54, 1.807) is 36.3 Å². The number of aromatic nitrogens is 2. The van der Waals surface area contributed by atoms with Crippen molar-refractivity contribution in [2.45, 2.75) is 12.5 Å². The van der Waals surface area contributed by atoms with Gasteiger partial charge < -0.3 is 10.6 Å². The molecule has 2 heterocycles. The Morgan fingerprint density at radius 1 is 1.36 bits per heavy atom. The zero-order chi connectivity index (χ0) is 15.9. The van der Waals surface area contributed by atoms with E-state index in [2.05, 4.69) is 5.10 Å². The number of halogens is 1. The van der Waals surface area contributed by atoms with Crippen molar-refractivity contribution in [3.05, 3.63) is 48.0 Å². The van der Waals surface area contributed by atoms with Crippen molar-refractivity contribution in [1.82, 2.24) is 14.7 Å². The molecular weight excluding hydrogens is 287 g/mol. The molecule has 1 aliphatic heterocycles. The van der Waals surface area contributed by atoms with Crippen LogP contribution < -0.4 is 5.73 Å². The van der Waals surface area contributed by atoms with Crippen molar-refractivity contribution < 1.29 is 14.0 Å². The Hall–Kier alpha value is -2.70. The molecule has 0 aliphatic carbocycles. The van der Waals surface area contributed by atoms with Gasteiger partial charge in [-0.1, -0.05) is 0 Å². The van der Waals surface area contributed by atoms with Crippen LogP contribution in [0.5, 0.6) is 0 Å². The number of rotatable bonds is 3. The fourth-order valence-corrected chi connectivity index (χ4v) is 2.81. The predicted molar refractivity (Wildman–Crippen MR) is 76.3 cm³/mol. The summed E-state index contributed by atoms with van der Waals surface area (Å²) in [7, 11) is 1.64. The van der Waals surface area contributed by atoms with Gasteiger partial charge in [0.25, 0.3) is 0 Å². The second-order valence-corrected chi connectivity index (χ2v) is 5.36. The topological polar surface area (TPSA) is 81.2 Å². The molecule has 6 nitrogen and oxygen atoms in total. The van der Waals surface area contributed by atoms with E-state index in [-0.39, 0.29) is 18.1 Å². The van der Waals surface area contributed by atoms with Gasteiger partial charge in [-0.2, -0.15) is 5.10 Å². The number of amides is 2. The molecule has 1 aliphatic rings. The Morgan fingerprint density at radius 2 is 2.05 bits per heavy atom. The zero-order valence-corrected chi connectivity index (χ0v) is 11.9. The first-order valence-corrected chi connectivity index (χ1v) is 6.83. The van der Waals surface area contributed by atoms with Gasteiger partial charge in [0, 0.05) is 25.2 Å². The van der Waals surface area contributed by atoms with E-state index in [0.29, 0.717) is 5.69 Å². The maximum atomic E-state index is 13.0. The molecule has 2 N–H and O–H groups in total. The third kappa shape index (κ3) is 2.34. The summed E-state index contributed by atoms with van der Waals surface area (Å²) in [6.45, 7) is 0. The van der Waals surface area contributed by atoms with Crippen LogP contribution >= 0.6 is 0 Å². The van der Waals surface area contributed by atoms with Crippen LogP contribution in [0.3, 0.4) is 0 Å². The van der Waals surface area contributed by atoms with E-state index >= 15 is 0 Å². The quantitative estimate of drug-likeness (QED) is 0.919. The molecule has 0 radical (unpaired) electrons. The maximum Gasteiger partial charge on any atom is 0.223 e. The van der Waals surface area contributed by atoms with Crippen molar-refractivity contribution in [3.8, 4) is 5.69 Å². The summed E-state index contributed by atoms with van der Waals surface area (Å²) in [5.74, 6) is -1.52. The molecule has 22 heavy (non-hydrogen) atoms. The first-order valence-electron chi connectivity index (χ1n) is 6.83. The second kappa shape index (κ2) is 5.25. The first-order chi connectivity index (χ1) is 10.5. The van der Waals surface area contributed by atoms with Gasteiger partial charge >= 0.3 is 0 Å². The minimum Gasteiger partial charge on any atom is -0.369 e. The zero-order valence-electron chi connectivity index (χ0n) is 11.9. The lowest BCUT2D eigenvalue weighted by atomic mass is 9.95. The summed E-state index contributed by atoms with van der Waals surface area (Å²) in [5, 5.41) is 4.22. The Kier molecular flexibility index (Phi) is 3.40. The molecule has 0 unspecified atom stereocenters. The summed E-state index contributed by atoms with van der Waals surface area (Å²) in [6, 6.07) is 5.46. The fourth-order valence-electron chi connectivity index (χ4n) is 2.81. The predicted octanol–water partition coefficient (Wildman–Crippen LogP) is 1.02. The van der Waals surface area contributed by atoms with Gasteiger partial charge in [-0.3, -0.25) is 9.59 Å². The van der Waals surface area contributed by atoms with E-state index < -0.39 is 17.9 Å². The van der Waals surface area contributed by atoms with Crippen LogP contribution in [0, 0.1) is 11.7 Å². The molecule has 2 aromatic rings. The lowest BCUT2D eigenvalue weighted by Crippen LogP contribution is -2.30. The van der Waals surface area contributed by atoms with Gasteiger partial charge in [-0.05, 0) is 24.3 Å². The van der Waals surface area contributed by atoms with Gasteiger partial charge in [-0.15, -0.1) is 0 Å². The highest BCUT2D eigenvalue weighted by Crippen LogP contribution is 2.36. The Balaban J connectivity index is 1.94. The van der Waals surface area contributed by atoms with Crippen LogP contribution in [0.2, 0.25) is 0 Å². The molecule has 1 aromatic heterocycles. The van der Waals surface area contributed by atoms with Crippen molar-refractivity contribution in [1.29, 1.82) is 0 Å². The highest BCUT2D eigenvalue weighted by molar-refractivity contribution is 5.89. The van der Waals surface area contributed by atoms with Gasteiger partial charge in [-0.25, -0.2) is 9.07 Å². The SMILES string of the molecule is CN1C(=O)C[C@H](C(N)=O)[C@@H]1c1cnn(-c2ccc(F)cc2)c1. The van der Waals surface area contributed by atoms with Crippen molar-refractivity contribution in [2.75, 3.05) is 7.05 Å². The number of nitrogens with two attached hydrogens (primary N) is 1. The second-order valence-electron chi connectivity index (χ2n) is 5.36. The van der Waals surface area contributed by atoms with Crippen molar-refractivity contribution in [3.63, 3.8) is 0 Å². The van der Waals surface area contributed by atoms with Gasteiger partial charge in [0.1, 0.15) is 5.82 Å². The average Bonchev–Trinajstić information content (AvgIpc) is 3.06. The van der Waals surface area contributed by atoms with Gasteiger partial charge in [0.2, 0.25) is 11.8 Å². The van der Waals surface area contributed by atoms with Crippen LogP contribution in [-0.2, 0) is 9.59 Å². The number of hydrogen-bond donors (Lipinski definition) is 1. The molecule has 1 aromatic carbocycles. The third-order valence-electron chi connectivity index (χ3n) is 3.99. The first kappa shape index (κ1) is 14.2. The molecule has 2 atom stereocenters. The minimum absolute atomic E-state index is 0.109. The van der Waals surface area contributed by atoms with Crippen LogP contribution in [0.15, 0.2) is 36.7 Å². The molecule has 114 valence electrons. The van der Waals surface area contributed by atoms with Crippen molar-refractivity contribution >= 4 is 11.8 Å². The Bertz CT molecular complexity index is 725. The molecule has 0 bridgehead atoms. The maximum absolute atomic E-state index is 13.0. The number of primary amides is 1. The molecular formula is C15H15FN4O2. The average molecular weight is 302 g/mol. The summed E-state index contributed by atoms with van der Waals surface area (Å²) in [5.41, 5.74) is 6.81. The highest BCUT2D eigenvalue weighted by atomic mass is 19.1. The lowest BCUT2D eigenvalue weighted by molar-refractivity contribution is -0.128. The largest absolute Gasteiger partial charge is 0.369 e. The Labute approximate surface area is 126 Å². The van der Waals surface area contributed by atoms with E-state index in [0.717, 1.165) is 5.56 Å². The van der Waals surface area contributed by atoms with Crippen LogP contribution in [0.4, 0.5) is 4.39 Å². The molecule has 1 fully saturated rings. The monoisotopic (exact) mass is 302 g/mol. The fraction of sp³-hybridized carbons (Fsp3) is 0.267. The smallest absolute Gasteiger partial charge is 0.223 e. The molecule has 3 rings (SSSR count). The van der Waals surface area contributed by atoms with E-state index in [1.807, 2.05) is 0 Å². The number of carbonyl (C=O) groups is 2.